The SMILES string of the molecule is COC(=O)CN(C)C(=O)N[C@H](CC(N)=O)C(=O)O. The predicted molar refractivity (Wildman–Crippen MR) is 58.4 cm³/mol. The van der Waals surface area contributed by atoms with Crippen LogP contribution >= 0.6 is 0 Å². The van der Waals surface area contributed by atoms with Gasteiger partial charge >= 0.3 is 18.0 Å². The van der Waals surface area contributed by atoms with Crippen molar-refractivity contribution in [1.82, 2.24) is 10.2 Å². The van der Waals surface area contributed by atoms with Gasteiger partial charge < -0.3 is 25.8 Å². The van der Waals surface area contributed by atoms with Crippen molar-refractivity contribution in [2.75, 3.05) is 20.7 Å². The molecular formula is C9H15N3O6. The maximum Gasteiger partial charge on any atom is 0.326 e. The summed E-state index contributed by atoms with van der Waals surface area (Å²) in [5.41, 5.74) is 4.84. The summed E-state index contributed by atoms with van der Waals surface area (Å²) in [6.07, 6.45) is -0.535. The van der Waals surface area contributed by atoms with Crippen molar-refractivity contribution >= 4 is 23.9 Å². The van der Waals surface area contributed by atoms with Gasteiger partial charge in [0.05, 0.1) is 13.5 Å². The molecule has 0 aliphatic carbocycles. The number of carboxylic acid groups (broad SMARTS) is 1. The van der Waals surface area contributed by atoms with Gasteiger partial charge in [-0.05, 0) is 0 Å². The van der Waals surface area contributed by atoms with E-state index in [1.807, 2.05) is 0 Å². The smallest absolute Gasteiger partial charge is 0.326 e. The highest BCUT2D eigenvalue weighted by Crippen LogP contribution is 1.95. The Bertz CT molecular complexity index is 356. The quantitative estimate of drug-likeness (QED) is 0.478. The number of aliphatic carboxylic acids is 1. The van der Waals surface area contributed by atoms with Gasteiger partial charge in [0.2, 0.25) is 5.91 Å². The summed E-state index contributed by atoms with van der Waals surface area (Å²) in [6.45, 7) is -0.342. The van der Waals surface area contributed by atoms with Crippen molar-refractivity contribution in [2.24, 2.45) is 5.73 Å². The van der Waals surface area contributed by atoms with Crippen LogP contribution in [0.2, 0.25) is 0 Å². The fourth-order valence-corrected chi connectivity index (χ4v) is 0.991. The number of ether oxygens (including phenoxy) is 1. The molecule has 102 valence electrons. The van der Waals surface area contributed by atoms with Gasteiger partial charge in [-0.1, -0.05) is 0 Å². The monoisotopic (exact) mass is 261 g/mol. The van der Waals surface area contributed by atoms with Gasteiger partial charge in [-0.15, -0.1) is 0 Å². The first kappa shape index (κ1) is 15.7. The third kappa shape index (κ3) is 5.68. The number of likely N-dealkylation sites (N-methyl/N-ethyl adjacent to an activating group) is 1. The third-order valence-corrected chi connectivity index (χ3v) is 1.94. The third-order valence-electron chi connectivity index (χ3n) is 1.94. The van der Waals surface area contributed by atoms with Crippen LogP contribution in [0.25, 0.3) is 0 Å². The van der Waals surface area contributed by atoms with Gasteiger partial charge in [0.1, 0.15) is 12.6 Å². The molecule has 0 heterocycles. The van der Waals surface area contributed by atoms with E-state index in [0.717, 1.165) is 12.0 Å². The zero-order chi connectivity index (χ0) is 14.3. The molecule has 0 saturated heterocycles. The number of hydrogen-bond donors (Lipinski definition) is 3. The Morgan fingerprint density at radius 3 is 2.33 bits per heavy atom. The Hall–Kier alpha value is -2.32. The molecule has 0 rings (SSSR count). The lowest BCUT2D eigenvalue weighted by Crippen LogP contribution is -2.49. The van der Waals surface area contributed by atoms with Crippen molar-refractivity contribution in [1.29, 1.82) is 0 Å². The molecule has 3 amide bonds. The number of primary amides is 1. The normalized spacial score (nSPS) is 11.2. The van der Waals surface area contributed by atoms with E-state index < -0.39 is 36.3 Å². The number of amides is 3. The molecule has 1 atom stereocenters. The average molecular weight is 261 g/mol. The van der Waals surface area contributed by atoms with E-state index in [0.29, 0.717) is 0 Å². The summed E-state index contributed by atoms with van der Waals surface area (Å²) in [4.78, 5) is 44.6. The molecule has 0 fully saturated rings. The Kier molecular flexibility index (Phi) is 6.18. The molecule has 0 radical (unpaired) electrons. The number of carbonyl (C=O) groups is 4. The standard InChI is InChI=1S/C9H15N3O6/c1-12(4-7(14)18-2)9(17)11-5(8(15)16)3-6(10)13/h5H,3-4H2,1-2H3,(H2,10,13)(H,11,17)(H,15,16)/t5-/m1/s1. The second-order valence-electron chi connectivity index (χ2n) is 3.44. The molecule has 0 aromatic heterocycles. The molecule has 0 saturated carbocycles. The highest BCUT2D eigenvalue weighted by molar-refractivity contribution is 5.88. The summed E-state index contributed by atoms with van der Waals surface area (Å²) >= 11 is 0. The molecule has 0 aliphatic heterocycles. The summed E-state index contributed by atoms with van der Waals surface area (Å²) in [6, 6.07) is -2.26. The zero-order valence-electron chi connectivity index (χ0n) is 10.0. The van der Waals surface area contributed by atoms with E-state index in [9.17, 15) is 19.2 Å². The van der Waals surface area contributed by atoms with Crippen LogP contribution in [0.15, 0.2) is 0 Å². The number of carbonyl (C=O) groups excluding carboxylic acids is 3. The number of nitrogens with one attached hydrogen (secondary N) is 1. The predicted octanol–water partition coefficient (Wildman–Crippen LogP) is -1.87. The van der Waals surface area contributed by atoms with Crippen LogP contribution in [0.5, 0.6) is 0 Å². The molecule has 4 N–H and O–H groups in total. The molecule has 0 spiro atoms. The molecule has 0 aromatic rings. The Morgan fingerprint density at radius 2 is 1.94 bits per heavy atom. The Labute approximate surface area is 103 Å². The maximum absolute atomic E-state index is 11.5. The zero-order valence-corrected chi connectivity index (χ0v) is 10.0. The first-order valence-corrected chi connectivity index (χ1v) is 4.87. The summed E-state index contributed by atoms with van der Waals surface area (Å²) < 4.78 is 4.34. The molecule has 0 unspecified atom stereocenters. The second kappa shape index (κ2) is 7.09. The topological polar surface area (TPSA) is 139 Å². The van der Waals surface area contributed by atoms with Crippen LogP contribution in [0.1, 0.15) is 6.42 Å². The molecule has 9 heteroatoms. The minimum atomic E-state index is -1.44. The fraction of sp³-hybridized carbons (Fsp3) is 0.556. The minimum Gasteiger partial charge on any atom is -0.480 e. The van der Waals surface area contributed by atoms with Crippen molar-refractivity contribution in [3.8, 4) is 0 Å². The Balaban J connectivity index is 4.45. The number of urea groups is 1. The lowest BCUT2D eigenvalue weighted by molar-refractivity contribution is -0.141. The van der Waals surface area contributed by atoms with Gasteiger partial charge in [-0.25, -0.2) is 9.59 Å². The van der Waals surface area contributed by atoms with E-state index >= 15 is 0 Å². The summed E-state index contributed by atoms with van der Waals surface area (Å²) in [5.74, 6) is -2.92. The number of nitrogens with zero attached hydrogens (tertiary/aromatic N) is 1. The van der Waals surface area contributed by atoms with Gasteiger partial charge in [0.15, 0.2) is 0 Å². The summed E-state index contributed by atoms with van der Waals surface area (Å²) in [5, 5.41) is 10.8. The van der Waals surface area contributed by atoms with Crippen molar-refractivity contribution in [3.05, 3.63) is 0 Å². The van der Waals surface area contributed by atoms with E-state index in [1.165, 1.54) is 7.05 Å². The van der Waals surface area contributed by atoms with Crippen LogP contribution in [-0.4, -0.2) is 60.6 Å². The molecule has 18 heavy (non-hydrogen) atoms. The Morgan fingerprint density at radius 1 is 1.39 bits per heavy atom. The number of esters is 1. The first-order chi connectivity index (χ1) is 8.27. The van der Waals surface area contributed by atoms with Gasteiger partial charge in [0.25, 0.3) is 0 Å². The van der Waals surface area contributed by atoms with Crippen LogP contribution in [-0.2, 0) is 19.1 Å². The summed E-state index contributed by atoms with van der Waals surface area (Å²) in [7, 11) is 2.43. The number of methoxy groups -OCH3 is 1. The van der Waals surface area contributed by atoms with E-state index in [-0.39, 0.29) is 6.54 Å². The van der Waals surface area contributed by atoms with Crippen molar-refractivity contribution in [2.45, 2.75) is 12.5 Å². The fourth-order valence-electron chi connectivity index (χ4n) is 0.991. The number of nitrogens with two attached hydrogens (primary N) is 1. The van der Waals surface area contributed by atoms with Crippen molar-refractivity contribution in [3.63, 3.8) is 0 Å². The van der Waals surface area contributed by atoms with E-state index in [1.54, 1.807) is 0 Å². The lowest BCUT2D eigenvalue weighted by atomic mass is 10.2. The van der Waals surface area contributed by atoms with Crippen LogP contribution in [0.3, 0.4) is 0 Å². The van der Waals surface area contributed by atoms with Crippen LogP contribution in [0.4, 0.5) is 4.79 Å². The van der Waals surface area contributed by atoms with Crippen LogP contribution in [0, 0.1) is 0 Å². The first-order valence-electron chi connectivity index (χ1n) is 4.87. The van der Waals surface area contributed by atoms with Gasteiger partial charge in [0, 0.05) is 7.05 Å². The molecule has 0 bridgehead atoms. The largest absolute Gasteiger partial charge is 0.480 e. The molecular weight excluding hydrogens is 246 g/mol. The van der Waals surface area contributed by atoms with E-state index in [4.69, 9.17) is 10.8 Å². The number of rotatable bonds is 6. The lowest BCUT2D eigenvalue weighted by Gasteiger charge is -2.19. The average Bonchev–Trinajstić information content (AvgIpc) is 2.26. The molecule has 9 nitrogen and oxygen atoms in total. The maximum atomic E-state index is 11.5. The van der Waals surface area contributed by atoms with Crippen LogP contribution < -0.4 is 11.1 Å². The highest BCUT2D eigenvalue weighted by atomic mass is 16.5. The minimum absolute atomic E-state index is 0.342. The molecule has 0 aromatic carbocycles. The number of carboxylic acids is 1. The number of hydrogen-bond acceptors (Lipinski definition) is 5. The van der Waals surface area contributed by atoms with Gasteiger partial charge in [-0.2, -0.15) is 0 Å². The van der Waals surface area contributed by atoms with Crippen molar-refractivity contribution < 1.29 is 29.0 Å². The van der Waals surface area contributed by atoms with Gasteiger partial charge in [-0.3, -0.25) is 9.59 Å². The molecule has 0 aliphatic rings. The highest BCUT2D eigenvalue weighted by Gasteiger charge is 2.24. The second-order valence-corrected chi connectivity index (χ2v) is 3.44. The van der Waals surface area contributed by atoms with E-state index in [2.05, 4.69) is 10.1 Å².